The minimum Gasteiger partial charge on any atom is -0.480 e. The number of hydrogen-bond donors (Lipinski definition) is 2. The Kier molecular flexibility index (Phi) is 5.07. The molecule has 0 spiro atoms. The Hall–Kier alpha value is -2.74. The largest absolute Gasteiger partial charge is 0.480 e. The maximum Gasteiger partial charge on any atom is 0.328 e. The van der Waals surface area contributed by atoms with E-state index in [2.05, 4.69) is 15.6 Å². The van der Waals surface area contributed by atoms with Crippen molar-refractivity contribution in [3.8, 4) is 5.69 Å². The summed E-state index contributed by atoms with van der Waals surface area (Å²) < 4.78 is 6.31. The van der Waals surface area contributed by atoms with Crippen molar-refractivity contribution in [1.29, 1.82) is 0 Å². The summed E-state index contributed by atoms with van der Waals surface area (Å²) in [6.45, 7) is 3.53. The number of hydrogen-bond acceptors (Lipinski definition) is 5. The molecule has 1 unspecified atom stereocenters. The minimum absolute atomic E-state index is 0.0768. The first-order valence-corrected chi connectivity index (χ1v) is 6.96. The molecule has 0 aliphatic carbocycles. The number of carbonyl (C=O) groups excluding carboxylic acids is 1. The minimum atomic E-state index is -1.18. The maximum absolute atomic E-state index is 12.2. The van der Waals surface area contributed by atoms with E-state index in [-0.39, 0.29) is 12.3 Å². The van der Waals surface area contributed by atoms with Gasteiger partial charge in [-0.1, -0.05) is 22.9 Å². The molecular formula is C15H18N4O4. The lowest BCUT2D eigenvalue weighted by Crippen LogP contribution is -2.44. The van der Waals surface area contributed by atoms with Gasteiger partial charge >= 0.3 is 5.97 Å². The molecule has 1 aromatic carbocycles. The highest BCUT2D eigenvalue weighted by Crippen LogP contribution is 2.13. The van der Waals surface area contributed by atoms with Gasteiger partial charge in [0.05, 0.1) is 18.0 Å². The average molecular weight is 318 g/mol. The van der Waals surface area contributed by atoms with Crippen LogP contribution in [0, 0.1) is 13.8 Å². The number of ether oxygens (including phenoxy) is 1. The van der Waals surface area contributed by atoms with Crippen LogP contribution in [-0.4, -0.2) is 51.7 Å². The number of rotatable bonds is 6. The Labute approximate surface area is 133 Å². The van der Waals surface area contributed by atoms with Crippen molar-refractivity contribution < 1.29 is 19.4 Å². The third kappa shape index (κ3) is 3.72. The van der Waals surface area contributed by atoms with Crippen LogP contribution in [-0.2, 0) is 9.53 Å². The number of carboxylic acid groups (broad SMARTS) is 1. The van der Waals surface area contributed by atoms with E-state index in [1.807, 2.05) is 31.2 Å². The van der Waals surface area contributed by atoms with Gasteiger partial charge in [0.25, 0.3) is 5.91 Å². The van der Waals surface area contributed by atoms with Crippen LogP contribution in [0.15, 0.2) is 24.3 Å². The fourth-order valence-electron chi connectivity index (χ4n) is 2.04. The first kappa shape index (κ1) is 16.6. The van der Waals surface area contributed by atoms with E-state index in [0.717, 1.165) is 11.3 Å². The number of nitrogens with one attached hydrogen (secondary N) is 1. The molecule has 0 aliphatic rings. The Morgan fingerprint density at radius 3 is 2.52 bits per heavy atom. The summed E-state index contributed by atoms with van der Waals surface area (Å²) in [5.41, 5.74) is 2.47. The number of carboxylic acids is 1. The van der Waals surface area contributed by atoms with Crippen LogP contribution < -0.4 is 5.32 Å². The molecule has 0 saturated carbocycles. The maximum atomic E-state index is 12.2. The Bertz CT molecular complexity index is 709. The van der Waals surface area contributed by atoms with Crippen LogP contribution in [0.1, 0.15) is 21.7 Å². The van der Waals surface area contributed by atoms with Crippen LogP contribution in [0.4, 0.5) is 0 Å². The predicted octanol–water partition coefficient (Wildman–Crippen LogP) is 0.714. The molecule has 2 N–H and O–H groups in total. The smallest absolute Gasteiger partial charge is 0.328 e. The summed E-state index contributed by atoms with van der Waals surface area (Å²) in [5.74, 6) is -1.78. The van der Waals surface area contributed by atoms with E-state index >= 15 is 0 Å². The number of aromatic nitrogens is 3. The summed E-state index contributed by atoms with van der Waals surface area (Å²) >= 11 is 0. The van der Waals surface area contributed by atoms with Crippen LogP contribution in [0.3, 0.4) is 0 Å². The highest BCUT2D eigenvalue weighted by Gasteiger charge is 2.24. The fourth-order valence-corrected chi connectivity index (χ4v) is 2.04. The molecule has 23 heavy (non-hydrogen) atoms. The molecular weight excluding hydrogens is 300 g/mol. The van der Waals surface area contributed by atoms with Crippen molar-refractivity contribution in [3.05, 3.63) is 41.2 Å². The van der Waals surface area contributed by atoms with Crippen molar-refractivity contribution in [2.45, 2.75) is 19.9 Å². The number of benzene rings is 1. The van der Waals surface area contributed by atoms with Crippen molar-refractivity contribution >= 4 is 11.9 Å². The molecule has 1 amide bonds. The molecule has 0 aliphatic heterocycles. The van der Waals surface area contributed by atoms with E-state index in [4.69, 9.17) is 9.84 Å². The zero-order valence-electron chi connectivity index (χ0n) is 13.1. The molecule has 2 rings (SSSR count). The average Bonchev–Trinajstić information content (AvgIpc) is 2.89. The van der Waals surface area contributed by atoms with Crippen LogP contribution in [0.5, 0.6) is 0 Å². The van der Waals surface area contributed by atoms with Crippen molar-refractivity contribution in [3.63, 3.8) is 0 Å². The molecule has 0 saturated heterocycles. The van der Waals surface area contributed by atoms with E-state index < -0.39 is 17.9 Å². The van der Waals surface area contributed by atoms with Crippen molar-refractivity contribution in [2.24, 2.45) is 0 Å². The summed E-state index contributed by atoms with van der Waals surface area (Å²) in [5, 5.41) is 19.2. The lowest BCUT2D eigenvalue weighted by Gasteiger charge is -2.12. The molecule has 1 atom stereocenters. The number of aliphatic carboxylic acids is 1. The normalized spacial score (nSPS) is 12.0. The van der Waals surface area contributed by atoms with E-state index in [1.54, 1.807) is 6.92 Å². The zero-order valence-corrected chi connectivity index (χ0v) is 13.1. The van der Waals surface area contributed by atoms with Gasteiger partial charge in [-0.05, 0) is 26.0 Å². The summed E-state index contributed by atoms with van der Waals surface area (Å²) in [6.07, 6.45) is 0. The van der Waals surface area contributed by atoms with Gasteiger partial charge in [0.1, 0.15) is 0 Å². The molecule has 1 heterocycles. The molecule has 122 valence electrons. The Balaban J connectivity index is 2.22. The SMILES string of the molecule is COCC(NC(=O)c1nnn(-c2ccc(C)cc2)c1C)C(=O)O. The van der Waals surface area contributed by atoms with Gasteiger partial charge in [-0.2, -0.15) is 0 Å². The van der Waals surface area contributed by atoms with Crippen LogP contribution in [0.2, 0.25) is 0 Å². The van der Waals surface area contributed by atoms with Crippen LogP contribution >= 0.6 is 0 Å². The molecule has 8 heteroatoms. The lowest BCUT2D eigenvalue weighted by atomic mass is 10.2. The second-order valence-electron chi connectivity index (χ2n) is 5.09. The number of carbonyl (C=O) groups is 2. The zero-order chi connectivity index (χ0) is 17.0. The topological polar surface area (TPSA) is 106 Å². The number of methoxy groups -OCH3 is 1. The van der Waals surface area contributed by atoms with Crippen molar-refractivity contribution in [1.82, 2.24) is 20.3 Å². The van der Waals surface area contributed by atoms with E-state index in [9.17, 15) is 9.59 Å². The van der Waals surface area contributed by atoms with Gasteiger partial charge < -0.3 is 15.2 Å². The third-order valence-electron chi connectivity index (χ3n) is 3.32. The van der Waals surface area contributed by atoms with Gasteiger partial charge in [-0.25, -0.2) is 9.48 Å². The molecule has 0 radical (unpaired) electrons. The predicted molar refractivity (Wildman–Crippen MR) is 81.6 cm³/mol. The highest BCUT2D eigenvalue weighted by atomic mass is 16.5. The van der Waals surface area contributed by atoms with Gasteiger partial charge in [0.15, 0.2) is 11.7 Å². The molecule has 1 aromatic heterocycles. The number of aryl methyl sites for hydroxylation is 1. The standard InChI is InChI=1S/C15H18N4O4/c1-9-4-6-11(7-5-9)19-10(2)13(17-18-19)14(20)16-12(8-23-3)15(21)22/h4-7,12H,8H2,1-3H3,(H,16,20)(H,21,22). The monoisotopic (exact) mass is 318 g/mol. The molecule has 0 bridgehead atoms. The Morgan fingerprint density at radius 1 is 1.30 bits per heavy atom. The van der Waals surface area contributed by atoms with Gasteiger partial charge in [-0.15, -0.1) is 5.10 Å². The molecule has 8 nitrogen and oxygen atoms in total. The lowest BCUT2D eigenvalue weighted by molar-refractivity contribution is -0.140. The van der Waals surface area contributed by atoms with Crippen molar-refractivity contribution in [2.75, 3.05) is 13.7 Å². The fraction of sp³-hybridized carbons (Fsp3) is 0.333. The molecule has 0 fully saturated rings. The van der Waals surface area contributed by atoms with Gasteiger partial charge in [0, 0.05) is 7.11 Å². The first-order valence-electron chi connectivity index (χ1n) is 6.96. The van der Waals surface area contributed by atoms with Crippen LogP contribution in [0.25, 0.3) is 5.69 Å². The highest BCUT2D eigenvalue weighted by molar-refractivity contribution is 5.95. The summed E-state index contributed by atoms with van der Waals surface area (Å²) in [4.78, 5) is 23.3. The van der Waals surface area contributed by atoms with Gasteiger partial charge in [-0.3, -0.25) is 4.79 Å². The second kappa shape index (κ2) is 7.01. The number of amides is 1. The quantitative estimate of drug-likeness (QED) is 0.812. The van der Waals surface area contributed by atoms with E-state index in [0.29, 0.717) is 5.69 Å². The summed E-state index contributed by atoms with van der Waals surface area (Å²) in [6, 6.07) is 6.44. The summed E-state index contributed by atoms with van der Waals surface area (Å²) in [7, 11) is 1.36. The van der Waals surface area contributed by atoms with E-state index in [1.165, 1.54) is 11.8 Å². The second-order valence-corrected chi connectivity index (χ2v) is 5.09. The van der Waals surface area contributed by atoms with Gasteiger partial charge in [0.2, 0.25) is 0 Å². The molecule has 2 aromatic rings. The Morgan fingerprint density at radius 2 is 1.96 bits per heavy atom. The first-order chi connectivity index (χ1) is 10.9. The third-order valence-corrected chi connectivity index (χ3v) is 3.32. The number of nitrogens with zero attached hydrogens (tertiary/aromatic N) is 3.